The van der Waals surface area contributed by atoms with Gasteiger partial charge >= 0.3 is 5.97 Å². The molecule has 1 amide bonds. The predicted molar refractivity (Wildman–Crippen MR) is 45.7 cm³/mol. The maximum atomic E-state index is 11.2. The number of amides is 1. The summed E-state index contributed by atoms with van der Waals surface area (Å²) in [6, 6.07) is 0.0758. The summed E-state index contributed by atoms with van der Waals surface area (Å²) in [7, 11) is 0. The van der Waals surface area contributed by atoms with Crippen LogP contribution in [0.2, 0.25) is 0 Å². The van der Waals surface area contributed by atoms with Gasteiger partial charge in [-0.25, -0.2) is 5.43 Å². The zero-order valence-corrected chi connectivity index (χ0v) is 7.78. The van der Waals surface area contributed by atoms with Gasteiger partial charge in [-0.05, 0) is 5.92 Å². The van der Waals surface area contributed by atoms with Crippen LogP contribution in [0, 0.1) is 5.92 Å². The van der Waals surface area contributed by atoms with Crippen molar-refractivity contribution in [3.8, 4) is 0 Å². The second kappa shape index (κ2) is 3.74. The molecule has 0 aromatic carbocycles. The highest BCUT2D eigenvalue weighted by molar-refractivity contribution is 5.82. The Bertz CT molecular complexity index is 227. The lowest BCUT2D eigenvalue weighted by Gasteiger charge is -2.17. The van der Waals surface area contributed by atoms with Crippen LogP contribution in [0.4, 0.5) is 0 Å². The minimum Gasteiger partial charge on any atom is -0.480 e. The minimum atomic E-state index is -0.995. The van der Waals surface area contributed by atoms with Gasteiger partial charge in [0.2, 0.25) is 5.91 Å². The van der Waals surface area contributed by atoms with Gasteiger partial charge in [0.15, 0.2) is 0 Å². The van der Waals surface area contributed by atoms with Crippen molar-refractivity contribution < 1.29 is 14.7 Å². The standard InChI is InChI=1S/C8H14N2O3/c1-5(2)6-3-7(11)10(9-6)4-8(12)13/h5-6,9H,3-4H2,1-2H3,(H,12,13). The van der Waals surface area contributed by atoms with Crippen molar-refractivity contribution in [2.45, 2.75) is 26.3 Å². The summed E-state index contributed by atoms with van der Waals surface area (Å²) in [6.45, 7) is 3.73. The molecule has 74 valence electrons. The first kappa shape index (κ1) is 9.98. The molecule has 0 bridgehead atoms. The second-order valence-electron chi connectivity index (χ2n) is 3.56. The molecule has 0 radical (unpaired) electrons. The van der Waals surface area contributed by atoms with Crippen molar-refractivity contribution in [3.05, 3.63) is 0 Å². The summed E-state index contributed by atoms with van der Waals surface area (Å²) in [6.07, 6.45) is 0.394. The van der Waals surface area contributed by atoms with Crippen LogP contribution in [0.1, 0.15) is 20.3 Å². The Hall–Kier alpha value is -1.10. The predicted octanol–water partition coefficient (Wildman–Crippen LogP) is -0.168. The average Bonchev–Trinajstić information content (AvgIpc) is 2.31. The summed E-state index contributed by atoms with van der Waals surface area (Å²) in [5.41, 5.74) is 2.87. The van der Waals surface area contributed by atoms with Crippen molar-refractivity contribution in [3.63, 3.8) is 0 Å². The lowest BCUT2D eigenvalue weighted by Crippen LogP contribution is -2.42. The maximum Gasteiger partial charge on any atom is 0.324 e. The number of carbonyl (C=O) groups is 2. The Balaban J connectivity index is 2.51. The SMILES string of the molecule is CC(C)C1CC(=O)N(CC(=O)O)N1. The third-order valence-corrected chi connectivity index (χ3v) is 2.12. The van der Waals surface area contributed by atoms with E-state index in [0.29, 0.717) is 12.3 Å². The normalized spacial score (nSPS) is 22.8. The summed E-state index contributed by atoms with van der Waals surface area (Å²) in [5, 5.41) is 9.66. The molecule has 5 nitrogen and oxygen atoms in total. The van der Waals surface area contributed by atoms with Gasteiger partial charge in [0.05, 0.1) is 0 Å². The number of rotatable bonds is 3. The van der Waals surface area contributed by atoms with Crippen molar-refractivity contribution in [2.75, 3.05) is 6.54 Å². The quantitative estimate of drug-likeness (QED) is 0.642. The topological polar surface area (TPSA) is 69.6 Å². The van der Waals surface area contributed by atoms with Gasteiger partial charge in [-0.3, -0.25) is 14.6 Å². The van der Waals surface area contributed by atoms with Gasteiger partial charge in [0, 0.05) is 12.5 Å². The molecule has 1 rings (SSSR count). The van der Waals surface area contributed by atoms with E-state index in [-0.39, 0.29) is 18.5 Å². The van der Waals surface area contributed by atoms with Gasteiger partial charge in [-0.1, -0.05) is 13.8 Å². The fourth-order valence-electron chi connectivity index (χ4n) is 1.27. The average molecular weight is 186 g/mol. The molecule has 2 N–H and O–H groups in total. The molecule has 1 unspecified atom stereocenters. The highest BCUT2D eigenvalue weighted by atomic mass is 16.4. The largest absolute Gasteiger partial charge is 0.480 e. The molecular formula is C8H14N2O3. The molecule has 0 spiro atoms. The van der Waals surface area contributed by atoms with E-state index in [2.05, 4.69) is 5.43 Å². The molecule has 0 aromatic rings. The van der Waals surface area contributed by atoms with Crippen molar-refractivity contribution in [2.24, 2.45) is 5.92 Å². The zero-order valence-electron chi connectivity index (χ0n) is 7.78. The monoisotopic (exact) mass is 186 g/mol. The molecule has 0 aromatic heterocycles. The van der Waals surface area contributed by atoms with E-state index in [1.807, 2.05) is 13.8 Å². The number of nitrogens with zero attached hydrogens (tertiary/aromatic N) is 1. The van der Waals surface area contributed by atoms with Crippen molar-refractivity contribution in [1.29, 1.82) is 0 Å². The molecule has 5 heteroatoms. The van der Waals surface area contributed by atoms with Crippen LogP contribution in [0.3, 0.4) is 0 Å². The molecule has 1 atom stereocenters. The maximum absolute atomic E-state index is 11.2. The fourth-order valence-corrected chi connectivity index (χ4v) is 1.27. The molecule has 1 saturated heterocycles. The number of hydrogen-bond donors (Lipinski definition) is 2. The Morgan fingerprint density at radius 3 is 2.77 bits per heavy atom. The third kappa shape index (κ3) is 2.42. The zero-order chi connectivity index (χ0) is 10.0. The van der Waals surface area contributed by atoms with Crippen LogP contribution in [0.5, 0.6) is 0 Å². The van der Waals surface area contributed by atoms with Crippen LogP contribution in [-0.2, 0) is 9.59 Å². The van der Waals surface area contributed by atoms with E-state index >= 15 is 0 Å². The summed E-state index contributed by atoms with van der Waals surface area (Å²) >= 11 is 0. The lowest BCUT2D eigenvalue weighted by atomic mass is 10.0. The first-order chi connectivity index (χ1) is 6.00. The number of carboxylic acids is 1. The molecule has 1 heterocycles. The molecule has 1 aliphatic rings. The van der Waals surface area contributed by atoms with Crippen LogP contribution < -0.4 is 5.43 Å². The van der Waals surface area contributed by atoms with E-state index in [4.69, 9.17) is 5.11 Å². The van der Waals surface area contributed by atoms with Gasteiger partial charge in [0.1, 0.15) is 6.54 Å². The number of nitrogens with one attached hydrogen (secondary N) is 1. The number of hydrogen-bond acceptors (Lipinski definition) is 3. The van der Waals surface area contributed by atoms with Crippen LogP contribution >= 0.6 is 0 Å². The van der Waals surface area contributed by atoms with E-state index in [1.54, 1.807) is 0 Å². The summed E-state index contributed by atoms with van der Waals surface area (Å²) < 4.78 is 0. The fraction of sp³-hybridized carbons (Fsp3) is 0.750. The highest BCUT2D eigenvalue weighted by Crippen LogP contribution is 2.14. The first-order valence-corrected chi connectivity index (χ1v) is 4.29. The number of carbonyl (C=O) groups excluding carboxylic acids is 1. The summed E-state index contributed by atoms with van der Waals surface area (Å²) in [5.74, 6) is -0.797. The summed E-state index contributed by atoms with van der Waals surface area (Å²) in [4.78, 5) is 21.6. The van der Waals surface area contributed by atoms with Gasteiger partial charge in [0.25, 0.3) is 0 Å². The Kier molecular flexibility index (Phi) is 2.87. The Labute approximate surface area is 76.7 Å². The molecular weight excluding hydrogens is 172 g/mol. The minimum absolute atomic E-state index is 0.0758. The smallest absolute Gasteiger partial charge is 0.324 e. The second-order valence-corrected chi connectivity index (χ2v) is 3.56. The third-order valence-electron chi connectivity index (χ3n) is 2.12. The van der Waals surface area contributed by atoms with E-state index in [1.165, 1.54) is 5.01 Å². The van der Waals surface area contributed by atoms with Crippen LogP contribution in [0.25, 0.3) is 0 Å². The van der Waals surface area contributed by atoms with Gasteiger partial charge in [-0.2, -0.15) is 0 Å². The van der Waals surface area contributed by atoms with E-state index in [0.717, 1.165) is 0 Å². The van der Waals surface area contributed by atoms with Gasteiger partial charge in [-0.15, -0.1) is 0 Å². The van der Waals surface area contributed by atoms with Crippen LogP contribution in [-0.4, -0.2) is 34.6 Å². The molecule has 13 heavy (non-hydrogen) atoms. The molecule has 1 aliphatic heterocycles. The number of carboxylic acid groups (broad SMARTS) is 1. The molecule has 1 fully saturated rings. The Morgan fingerprint density at radius 1 is 1.77 bits per heavy atom. The van der Waals surface area contributed by atoms with E-state index < -0.39 is 5.97 Å². The number of hydrazine groups is 1. The van der Waals surface area contributed by atoms with E-state index in [9.17, 15) is 9.59 Å². The molecule has 0 aliphatic carbocycles. The Morgan fingerprint density at radius 2 is 2.38 bits per heavy atom. The van der Waals surface area contributed by atoms with Crippen LogP contribution in [0.15, 0.2) is 0 Å². The molecule has 0 saturated carbocycles. The van der Waals surface area contributed by atoms with Crippen molar-refractivity contribution >= 4 is 11.9 Å². The van der Waals surface area contributed by atoms with Gasteiger partial charge < -0.3 is 5.11 Å². The lowest BCUT2D eigenvalue weighted by molar-refractivity contribution is -0.144. The van der Waals surface area contributed by atoms with Crippen molar-refractivity contribution in [1.82, 2.24) is 10.4 Å². The first-order valence-electron chi connectivity index (χ1n) is 4.29. The highest BCUT2D eigenvalue weighted by Gasteiger charge is 2.31. The number of aliphatic carboxylic acids is 1.